The van der Waals surface area contributed by atoms with Gasteiger partial charge in [0, 0.05) is 38.3 Å². The molecule has 3 rings (SSSR count). The highest BCUT2D eigenvalue weighted by atomic mass is 35.5. The lowest BCUT2D eigenvalue weighted by atomic mass is 10.1. The molecule has 0 radical (unpaired) electrons. The molecule has 166 valence electrons. The Kier molecular flexibility index (Phi) is 8.03. The molecular formula is C23H33ClN2O4. The van der Waals surface area contributed by atoms with Gasteiger partial charge in [0.2, 0.25) is 5.91 Å². The van der Waals surface area contributed by atoms with E-state index in [4.69, 9.17) is 25.8 Å². The first-order valence-corrected chi connectivity index (χ1v) is 11.2. The lowest BCUT2D eigenvalue weighted by molar-refractivity contribution is -0.127. The number of carbonyl (C=O) groups is 1. The molecule has 6 nitrogen and oxygen atoms in total. The van der Waals surface area contributed by atoms with Crippen LogP contribution in [0.2, 0.25) is 5.02 Å². The van der Waals surface area contributed by atoms with Crippen LogP contribution in [-0.2, 0) is 9.53 Å². The molecule has 2 heterocycles. The normalized spacial score (nSPS) is 25.1. The number of hydrogen-bond donors (Lipinski definition) is 0. The zero-order valence-electron chi connectivity index (χ0n) is 18.4. The maximum Gasteiger partial charge on any atom is 0.246 e. The quantitative estimate of drug-likeness (QED) is 0.607. The second-order valence-electron chi connectivity index (χ2n) is 8.10. The number of methoxy groups -OCH3 is 1. The van der Waals surface area contributed by atoms with Crippen molar-refractivity contribution in [2.75, 3.05) is 39.9 Å². The molecule has 3 atom stereocenters. The maximum atomic E-state index is 12.9. The molecule has 3 unspecified atom stereocenters. The van der Waals surface area contributed by atoms with Crippen molar-refractivity contribution in [3.8, 4) is 11.5 Å². The Balaban J connectivity index is 1.66. The van der Waals surface area contributed by atoms with Gasteiger partial charge in [-0.05, 0) is 57.4 Å². The van der Waals surface area contributed by atoms with Gasteiger partial charge in [-0.1, -0.05) is 11.6 Å². The van der Waals surface area contributed by atoms with Crippen molar-refractivity contribution >= 4 is 23.6 Å². The zero-order valence-corrected chi connectivity index (χ0v) is 19.2. The summed E-state index contributed by atoms with van der Waals surface area (Å²) < 4.78 is 16.8. The fourth-order valence-electron chi connectivity index (χ4n) is 4.46. The van der Waals surface area contributed by atoms with Crippen LogP contribution >= 0.6 is 11.6 Å². The average molecular weight is 437 g/mol. The number of amides is 1. The van der Waals surface area contributed by atoms with Gasteiger partial charge in [-0.3, -0.25) is 9.69 Å². The van der Waals surface area contributed by atoms with Crippen LogP contribution in [0.4, 0.5) is 0 Å². The topological polar surface area (TPSA) is 51.2 Å². The van der Waals surface area contributed by atoms with Gasteiger partial charge >= 0.3 is 0 Å². The van der Waals surface area contributed by atoms with Crippen LogP contribution in [-0.4, -0.2) is 73.9 Å². The fraction of sp³-hybridized carbons (Fsp3) is 0.609. The molecule has 2 saturated heterocycles. The molecule has 0 aliphatic carbocycles. The molecule has 2 aliphatic rings. The summed E-state index contributed by atoms with van der Waals surface area (Å²) in [6, 6.07) is 3.87. The van der Waals surface area contributed by atoms with Crippen molar-refractivity contribution in [1.29, 1.82) is 0 Å². The lowest BCUT2D eigenvalue weighted by Crippen LogP contribution is -2.50. The number of halogens is 1. The summed E-state index contributed by atoms with van der Waals surface area (Å²) in [4.78, 5) is 17.3. The molecule has 2 aliphatic heterocycles. The highest BCUT2D eigenvalue weighted by Crippen LogP contribution is 2.36. The summed E-state index contributed by atoms with van der Waals surface area (Å²) in [6.45, 7) is 10.2. The molecule has 0 aromatic heterocycles. The summed E-state index contributed by atoms with van der Waals surface area (Å²) in [5, 5.41) is 0.463. The molecule has 1 aromatic rings. The smallest absolute Gasteiger partial charge is 0.246 e. The Morgan fingerprint density at radius 2 is 2.03 bits per heavy atom. The molecule has 30 heavy (non-hydrogen) atoms. The third kappa shape index (κ3) is 5.68. The second kappa shape index (κ2) is 10.5. The minimum Gasteiger partial charge on any atom is -0.491 e. The van der Waals surface area contributed by atoms with E-state index in [0.29, 0.717) is 23.1 Å². The third-order valence-electron chi connectivity index (χ3n) is 5.58. The number of morpholine rings is 1. The number of carbonyl (C=O) groups excluding carboxylic acids is 1. The second-order valence-corrected chi connectivity index (χ2v) is 8.51. The number of hydrogen-bond acceptors (Lipinski definition) is 5. The molecule has 1 aromatic carbocycles. The van der Waals surface area contributed by atoms with Gasteiger partial charge < -0.3 is 19.1 Å². The predicted octanol–water partition coefficient (Wildman–Crippen LogP) is 3.86. The van der Waals surface area contributed by atoms with Crippen molar-refractivity contribution in [3.05, 3.63) is 28.8 Å². The molecule has 1 amide bonds. The Morgan fingerprint density at radius 1 is 1.30 bits per heavy atom. The van der Waals surface area contributed by atoms with Crippen molar-refractivity contribution in [3.63, 3.8) is 0 Å². The third-order valence-corrected chi connectivity index (χ3v) is 5.86. The zero-order chi connectivity index (χ0) is 21.7. The molecule has 2 fully saturated rings. The van der Waals surface area contributed by atoms with E-state index in [9.17, 15) is 4.79 Å². The Labute approximate surface area is 184 Å². The highest BCUT2D eigenvalue weighted by Gasteiger charge is 2.31. The van der Waals surface area contributed by atoms with Crippen LogP contribution in [0.15, 0.2) is 18.2 Å². The van der Waals surface area contributed by atoms with Crippen molar-refractivity contribution in [1.82, 2.24) is 9.80 Å². The lowest BCUT2D eigenvalue weighted by Gasteiger charge is -2.38. The summed E-state index contributed by atoms with van der Waals surface area (Å²) in [6.07, 6.45) is 5.99. The van der Waals surface area contributed by atoms with E-state index in [1.807, 2.05) is 17.9 Å². The van der Waals surface area contributed by atoms with Gasteiger partial charge in [0.25, 0.3) is 0 Å². The summed E-state index contributed by atoms with van der Waals surface area (Å²) >= 11 is 6.32. The maximum absolute atomic E-state index is 12.9. The van der Waals surface area contributed by atoms with E-state index >= 15 is 0 Å². The number of rotatable bonds is 7. The van der Waals surface area contributed by atoms with E-state index in [2.05, 4.69) is 18.7 Å². The van der Waals surface area contributed by atoms with E-state index in [-0.39, 0.29) is 24.2 Å². The molecule has 7 heteroatoms. The Morgan fingerprint density at radius 3 is 2.70 bits per heavy atom. The summed E-state index contributed by atoms with van der Waals surface area (Å²) in [5.41, 5.74) is 0.809. The summed E-state index contributed by atoms with van der Waals surface area (Å²) in [7, 11) is 1.56. The number of ether oxygens (including phenoxy) is 3. The van der Waals surface area contributed by atoms with Crippen molar-refractivity contribution in [2.24, 2.45) is 0 Å². The Hall–Kier alpha value is -1.76. The van der Waals surface area contributed by atoms with E-state index in [1.165, 1.54) is 0 Å². The van der Waals surface area contributed by atoms with Crippen LogP contribution in [0.1, 0.15) is 39.2 Å². The van der Waals surface area contributed by atoms with Gasteiger partial charge in [0.05, 0.1) is 30.9 Å². The van der Waals surface area contributed by atoms with Gasteiger partial charge in [-0.25, -0.2) is 0 Å². The van der Waals surface area contributed by atoms with Crippen LogP contribution in [0, 0.1) is 0 Å². The van der Waals surface area contributed by atoms with E-state index < -0.39 is 0 Å². The van der Waals surface area contributed by atoms with Gasteiger partial charge in [0.15, 0.2) is 11.5 Å². The first kappa shape index (κ1) is 22.9. The average Bonchev–Trinajstić information content (AvgIpc) is 3.13. The summed E-state index contributed by atoms with van der Waals surface area (Å²) in [5.74, 6) is 1.13. The molecule has 0 bridgehead atoms. The van der Waals surface area contributed by atoms with Gasteiger partial charge in [0.1, 0.15) is 0 Å². The highest BCUT2D eigenvalue weighted by molar-refractivity contribution is 6.32. The molecule has 0 spiro atoms. The standard InChI is InChI=1S/C23H33ClN2O4/c1-5-29-21-12-18(11-20(24)23(21)28-4)8-9-22(27)26-10-6-7-19(26)15-25-13-16(2)30-17(3)14-25/h8-9,11-12,16-17,19H,5-7,10,13-15H2,1-4H3. The minimum atomic E-state index is 0.0387. The van der Waals surface area contributed by atoms with E-state index in [1.54, 1.807) is 25.3 Å². The van der Waals surface area contributed by atoms with Gasteiger partial charge in [-0.15, -0.1) is 0 Å². The van der Waals surface area contributed by atoms with Gasteiger partial charge in [-0.2, -0.15) is 0 Å². The molecular weight excluding hydrogens is 404 g/mol. The molecule has 0 saturated carbocycles. The number of benzene rings is 1. The van der Waals surface area contributed by atoms with Crippen molar-refractivity contribution in [2.45, 2.75) is 51.9 Å². The number of nitrogens with zero attached hydrogens (tertiary/aromatic N) is 2. The fourth-order valence-corrected chi connectivity index (χ4v) is 4.75. The monoisotopic (exact) mass is 436 g/mol. The van der Waals surface area contributed by atoms with Crippen LogP contribution in [0.3, 0.4) is 0 Å². The van der Waals surface area contributed by atoms with Crippen LogP contribution in [0.5, 0.6) is 11.5 Å². The first-order valence-electron chi connectivity index (χ1n) is 10.8. The predicted molar refractivity (Wildman–Crippen MR) is 119 cm³/mol. The van der Waals surface area contributed by atoms with Crippen LogP contribution in [0.25, 0.3) is 6.08 Å². The number of likely N-dealkylation sites (tertiary alicyclic amines) is 1. The first-order chi connectivity index (χ1) is 14.4. The minimum absolute atomic E-state index is 0.0387. The molecule has 0 N–H and O–H groups in total. The van der Waals surface area contributed by atoms with Crippen molar-refractivity contribution < 1.29 is 19.0 Å². The van der Waals surface area contributed by atoms with E-state index in [0.717, 1.165) is 44.6 Å². The largest absolute Gasteiger partial charge is 0.491 e. The van der Waals surface area contributed by atoms with Crippen LogP contribution < -0.4 is 9.47 Å². The Bertz CT molecular complexity index is 760. The SMILES string of the molecule is CCOc1cc(C=CC(=O)N2CCCC2CN2CC(C)OC(C)C2)cc(Cl)c1OC.